The van der Waals surface area contributed by atoms with Gasteiger partial charge in [0.05, 0.1) is 4.90 Å². The molecular weight excluding hydrogens is 350 g/mol. The standard InChI is InChI=1S/C19H25N3O3S/c1-20-26(24,25)17-11-8-15(9-12-17)10-13-19(23)21-18-7-5-4-6-16(18)14-22(2)3/h4-9,11-12,20H,10,13-14H2,1-3H3,(H,21,23). The van der Waals surface area contributed by atoms with Crippen LogP contribution in [0.4, 0.5) is 5.69 Å². The average molecular weight is 375 g/mol. The van der Waals surface area contributed by atoms with E-state index in [4.69, 9.17) is 0 Å². The monoisotopic (exact) mass is 375 g/mol. The van der Waals surface area contributed by atoms with Crippen LogP contribution in [0.3, 0.4) is 0 Å². The minimum atomic E-state index is -3.43. The Bertz CT molecular complexity index is 847. The number of hydrogen-bond donors (Lipinski definition) is 2. The van der Waals surface area contributed by atoms with Gasteiger partial charge >= 0.3 is 0 Å². The van der Waals surface area contributed by atoms with Gasteiger partial charge in [-0.15, -0.1) is 0 Å². The Morgan fingerprint density at radius 3 is 2.31 bits per heavy atom. The van der Waals surface area contributed by atoms with Gasteiger partial charge in [0, 0.05) is 18.7 Å². The molecule has 2 rings (SSSR count). The zero-order valence-corrected chi connectivity index (χ0v) is 16.1. The van der Waals surface area contributed by atoms with Crippen LogP contribution in [0, 0.1) is 0 Å². The van der Waals surface area contributed by atoms with E-state index in [2.05, 4.69) is 10.0 Å². The van der Waals surface area contributed by atoms with Gasteiger partial charge in [-0.1, -0.05) is 30.3 Å². The summed E-state index contributed by atoms with van der Waals surface area (Å²) in [6, 6.07) is 14.3. The maximum Gasteiger partial charge on any atom is 0.240 e. The second-order valence-electron chi connectivity index (χ2n) is 6.29. The lowest BCUT2D eigenvalue weighted by molar-refractivity contribution is -0.116. The van der Waals surface area contributed by atoms with E-state index < -0.39 is 10.0 Å². The number of para-hydroxylation sites is 1. The third-order valence-corrected chi connectivity index (χ3v) is 5.35. The van der Waals surface area contributed by atoms with Crippen LogP contribution in [0.2, 0.25) is 0 Å². The smallest absolute Gasteiger partial charge is 0.240 e. The first-order chi connectivity index (χ1) is 12.3. The van der Waals surface area contributed by atoms with Crippen molar-refractivity contribution in [3.8, 4) is 0 Å². The molecule has 0 aliphatic carbocycles. The zero-order chi connectivity index (χ0) is 19.2. The molecule has 0 aromatic heterocycles. The molecule has 0 fully saturated rings. The fraction of sp³-hybridized carbons (Fsp3) is 0.316. The molecule has 2 aromatic carbocycles. The van der Waals surface area contributed by atoms with Gasteiger partial charge in [0.2, 0.25) is 15.9 Å². The van der Waals surface area contributed by atoms with Crippen molar-refractivity contribution in [2.45, 2.75) is 24.3 Å². The van der Waals surface area contributed by atoms with Crippen LogP contribution < -0.4 is 10.0 Å². The van der Waals surface area contributed by atoms with E-state index in [9.17, 15) is 13.2 Å². The molecule has 6 nitrogen and oxygen atoms in total. The molecule has 0 heterocycles. The Hall–Kier alpha value is -2.22. The second-order valence-corrected chi connectivity index (χ2v) is 8.18. The summed E-state index contributed by atoms with van der Waals surface area (Å²) >= 11 is 0. The number of carbonyl (C=O) groups excluding carboxylic acids is 1. The Morgan fingerprint density at radius 1 is 1.04 bits per heavy atom. The summed E-state index contributed by atoms with van der Waals surface area (Å²) in [5.41, 5.74) is 2.80. The highest BCUT2D eigenvalue weighted by Gasteiger charge is 2.11. The van der Waals surface area contributed by atoms with Crippen molar-refractivity contribution < 1.29 is 13.2 Å². The number of hydrogen-bond acceptors (Lipinski definition) is 4. The lowest BCUT2D eigenvalue weighted by Gasteiger charge is -2.15. The van der Waals surface area contributed by atoms with Gasteiger partial charge in [-0.2, -0.15) is 0 Å². The predicted molar refractivity (Wildman–Crippen MR) is 103 cm³/mol. The summed E-state index contributed by atoms with van der Waals surface area (Å²) < 4.78 is 25.7. The molecule has 0 saturated carbocycles. The fourth-order valence-corrected chi connectivity index (χ4v) is 3.27. The molecule has 0 spiro atoms. The number of rotatable bonds is 8. The van der Waals surface area contributed by atoms with Crippen molar-refractivity contribution in [2.75, 3.05) is 26.5 Å². The van der Waals surface area contributed by atoms with Crippen LogP contribution in [0.25, 0.3) is 0 Å². The Morgan fingerprint density at radius 2 is 1.69 bits per heavy atom. The van der Waals surface area contributed by atoms with Gasteiger partial charge in [-0.3, -0.25) is 4.79 Å². The van der Waals surface area contributed by atoms with E-state index in [1.807, 2.05) is 43.3 Å². The highest BCUT2D eigenvalue weighted by Crippen LogP contribution is 2.17. The number of amides is 1. The van der Waals surface area contributed by atoms with Gasteiger partial charge in [-0.05, 0) is 56.9 Å². The average Bonchev–Trinajstić information content (AvgIpc) is 2.61. The summed E-state index contributed by atoms with van der Waals surface area (Å²) in [6.07, 6.45) is 0.871. The number of aryl methyl sites for hydroxylation is 1. The van der Waals surface area contributed by atoms with Crippen LogP contribution in [-0.4, -0.2) is 40.4 Å². The summed E-state index contributed by atoms with van der Waals surface area (Å²) in [4.78, 5) is 14.5. The fourth-order valence-electron chi connectivity index (χ4n) is 2.54. The molecule has 2 N–H and O–H groups in total. The summed E-state index contributed by atoms with van der Waals surface area (Å²) in [7, 11) is 1.91. The lowest BCUT2D eigenvalue weighted by Crippen LogP contribution is -2.18. The van der Waals surface area contributed by atoms with Crippen LogP contribution in [-0.2, 0) is 27.8 Å². The quantitative estimate of drug-likeness (QED) is 0.742. The first kappa shape index (κ1) is 20.1. The molecule has 0 aliphatic rings. The molecule has 26 heavy (non-hydrogen) atoms. The van der Waals surface area contributed by atoms with Crippen LogP contribution in [0.1, 0.15) is 17.5 Å². The maximum absolute atomic E-state index is 12.3. The van der Waals surface area contributed by atoms with E-state index in [1.54, 1.807) is 24.3 Å². The number of sulfonamides is 1. The van der Waals surface area contributed by atoms with Crippen molar-refractivity contribution in [1.29, 1.82) is 0 Å². The van der Waals surface area contributed by atoms with Gasteiger partial charge in [-0.25, -0.2) is 13.1 Å². The topological polar surface area (TPSA) is 78.5 Å². The van der Waals surface area contributed by atoms with Crippen LogP contribution >= 0.6 is 0 Å². The third kappa shape index (κ3) is 5.66. The minimum absolute atomic E-state index is 0.0665. The molecule has 0 aliphatic heterocycles. The molecule has 140 valence electrons. The van der Waals surface area contributed by atoms with Crippen molar-refractivity contribution >= 4 is 21.6 Å². The molecule has 0 radical (unpaired) electrons. The lowest BCUT2D eigenvalue weighted by atomic mass is 10.1. The van der Waals surface area contributed by atoms with Gasteiger partial charge in [0.1, 0.15) is 0 Å². The Labute approximate surface area is 155 Å². The zero-order valence-electron chi connectivity index (χ0n) is 15.3. The van der Waals surface area contributed by atoms with Gasteiger partial charge in [0.25, 0.3) is 0 Å². The predicted octanol–water partition coefficient (Wildman–Crippen LogP) is 2.23. The second kappa shape index (κ2) is 8.93. The summed E-state index contributed by atoms with van der Waals surface area (Å²) in [5, 5.41) is 2.96. The molecule has 2 aromatic rings. The molecule has 0 unspecified atom stereocenters. The molecular formula is C19H25N3O3S. The number of anilines is 1. The van der Waals surface area contributed by atoms with E-state index in [0.29, 0.717) is 12.8 Å². The number of nitrogens with zero attached hydrogens (tertiary/aromatic N) is 1. The summed E-state index contributed by atoms with van der Waals surface area (Å²) in [5.74, 6) is -0.0665. The van der Waals surface area contributed by atoms with Crippen LogP contribution in [0.15, 0.2) is 53.4 Å². The molecule has 7 heteroatoms. The van der Waals surface area contributed by atoms with E-state index in [-0.39, 0.29) is 10.8 Å². The highest BCUT2D eigenvalue weighted by molar-refractivity contribution is 7.89. The molecule has 1 amide bonds. The number of carbonyl (C=O) groups is 1. The first-order valence-corrected chi connectivity index (χ1v) is 9.85. The van der Waals surface area contributed by atoms with Gasteiger partial charge < -0.3 is 10.2 Å². The largest absolute Gasteiger partial charge is 0.326 e. The number of benzene rings is 2. The van der Waals surface area contributed by atoms with Gasteiger partial charge in [0.15, 0.2) is 0 Å². The number of nitrogens with one attached hydrogen (secondary N) is 2. The molecule has 0 saturated heterocycles. The first-order valence-electron chi connectivity index (χ1n) is 8.37. The highest BCUT2D eigenvalue weighted by atomic mass is 32.2. The minimum Gasteiger partial charge on any atom is -0.326 e. The van der Waals surface area contributed by atoms with Crippen molar-refractivity contribution in [3.05, 3.63) is 59.7 Å². The van der Waals surface area contributed by atoms with Crippen molar-refractivity contribution in [2.24, 2.45) is 0 Å². The van der Waals surface area contributed by atoms with E-state index >= 15 is 0 Å². The maximum atomic E-state index is 12.3. The van der Waals surface area contributed by atoms with E-state index in [1.165, 1.54) is 7.05 Å². The van der Waals surface area contributed by atoms with Crippen LogP contribution in [0.5, 0.6) is 0 Å². The molecule has 0 atom stereocenters. The normalized spacial score (nSPS) is 11.5. The Kier molecular flexibility index (Phi) is 6.90. The third-order valence-electron chi connectivity index (χ3n) is 3.92. The Balaban J connectivity index is 1.95. The van der Waals surface area contributed by atoms with E-state index in [0.717, 1.165) is 23.4 Å². The van der Waals surface area contributed by atoms with Crippen molar-refractivity contribution in [3.63, 3.8) is 0 Å². The molecule has 0 bridgehead atoms. The SMILES string of the molecule is CNS(=O)(=O)c1ccc(CCC(=O)Nc2ccccc2CN(C)C)cc1. The summed E-state index contributed by atoms with van der Waals surface area (Å²) in [6.45, 7) is 0.748. The van der Waals surface area contributed by atoms with Crippen molar-refractivity contribution in [1.82, 2.24) is 9.62 Å².